The van der Waals surface area contributed by atoms with Crippen LogP contribution in [-0.2, 0) is 0 Å². The molecule has 33 heavy (non-hydrogen) atoms. The Hall–Kier alpha value is -3.89. The van der Waals surface area contributed by atoms with E-state index in [9.17, 15) is 9.18 Å². The van der Waals surface area contributed by atoms with Crippen molar-refractivity contribution in [2.45, 2.75) is 51.6 Å². The molecule has 10 nitrogen and oxygen atoms in total. The first-order valence-electron chi connectivity index (χ1n) is 10.8. The van der Waals surface area contributed by atoms with E-state index in [1.165, 1.54) is 6.33 Å². The number of fused-ring (bicyclic) bond motifs is 1. The van der Waals surface area contributed by atoms with Crippen molar-refractivity contribution in [1.82, 2.24) is 35.4 Å². The third-order valence-corrected chi connectivity index (χ3v) is 5.95. The lowest BCUT2D eigenvalue weighted by Gasteiger charge is -2.30. The molecule has 5 rings (SSSR count). The van der Waals surface area contributed by atoms with Crippen molar-refractivity contribution in [3.63, 3.8) is 0 Å². The van der Waals surface area contributed by atoms with Crippen molar-refractivity contribution in [3.8, 4) is 11.4 Å². The summed E-state index contributed by atoms with van der Waals surface area (Å²) in [5, 5.41) is 10.9. The van der Waals surface area contributed by atoms with E-state index in [0.717, 1.165) is 30.8 Å². The number of rotatable bonds is 5. The molecule has 1 aliphatic rings. The van der Waals surface area contributed by atoms with Crippen LogP contribution in [-0.4, -0.2) is 48.1 Å². The number of halogens is 1. The van der Waals surface area contributed by atoms with Crippen LogP contribution in [0.1, 0.15) is 47.5 Å². The summed E-state index contributed by atoms with van der Waals surface area (Å²) in [6.45, 7) is 3.46. The molecule has 1 fully saturated rings. The smallest absolute Gasteiger partial charge is 0.257 e. The molecule has 3 N–H and O–H groups in total. The van der Waals surface area contributed by atoms with Crippen molar-refractivity contribution in [2.24, 2.45) is 0 Å². The molecule has 1 saturated carbocycles. The molecule has 0 spiro atoms. The third kappa shape index (κ3) is 4.13. The highest BCUT2D eigenvalue weighted by molar-refractivity contribution is 5.96. The van der Waals surface area contributed by atoms with Crippen molar-refractivity contribution in [3.05, 3.63) is 47.8 Å². The van der Waals surface area contributed by atoms with Gasteiger partial charge in [0.1, 0.15) is 23.3 Å². The van der Waals surface area contributed by atoms with Crippen molar-refractivity contribution < 1.29 is 13.7 Å². The van der Waals surface area contributed by atoms with Crippen LogP contribution in [0.2, 0.25) is 0 Å². The molecule has 1 aliphatic carbocycles. The number of aryl methyl sites for hydroxylation is 2. The Kier molecular flexibility index (Phi) is 5.45. The number of aromatic amines is 1. The highest BCUT2D eigenvalue weighted by atomic mass is 19.1. The fourth-order valence-corrected chi connectivity index (χ4v) is 4.35. The van der Waals surface area contributed by atoms with Crippen LogP contribution in [0.4, 0.5) is 10.2 Å². The van der Waals surface area contributed by atoms with Gasteiger partial charge in [0, 0.05) is 35.4 Å². The van der Waals surface area contributed by atoms with Gasteiger partial charge in [0.25, 0.3) is 5.91 Å². The number of hydrogen-bond donors (Lipinski definition) is 3. The van der Waals surface area contributed by atoms with Gasteiger partial charge in [-0.1, -0.05) is 5.16 Å². The maximum atomic E-state index is 14.6. The summed E-state index contributed by atoms with van der Waals surface area (Å²) in [6, 6.07) is -0.0927. The van der Waals surface area contributed by atoms with Crippen LogP contribution in [0.5, 0.6) is 0 Å². The number of carbonyl (C=O) groups excluding carboxylic acids is 1. The molecule has 1 amide bonds. The molecule has 4 aromatic rings. The van der Waals surface area contributed by atoms with Gasteiger partial charge in [-0.15, -0.1) is 0 Å². The summed E-state index contributed by atoms with van der Waals surface area (Å²) >= 11 is 0. The number of H-pyrrole nitrogens is 1. The first-order valence-corrected chi connectivity index (χ1v) is 10.8. The van der Waals surface area contributed by atoms with Crippen molar-refractivity contribution >= 4 is 22.8 Å². The summed E-state index contributed by atoms with van der Waals surface area (Å²) in [5.41, 5.74) is 2.39. The standard InChI is InChI=1S/C22H23FN8O2/c1-11-18(12(2)33-31-11)22(32)29-14-5-3-4-13(6-14)28-21-17(23)9-26-20(30-21)16-8-25-19-15(16)7-24-10-27-19/h7-10,13-14H,3-6H2,1-2H3,(H,29,32)(H,24,25,27)(H,26,28,30)/t13-,14+/m1/s1. The fourth-order valence-electron chi connectivity index (χ4n) is 4.35. The maximum absolute atomic E-state index is 14.6. The summed E-state index contributed by atoms with van der Waals surface area (Å²) < 4.78 is 19.7. The Labute approximate surface area is 188 Å². The summed E-state index contributed by atoms with van der Waals surface area (Å²) in [7, 11) is 0. The average molecular weight is 450 g/mol. The monoisotopic (exact) mass is 450 g/mol. The van der Waals surface area contributed by atoms with E-state index in [4.69, 9.17) is 4.52 Å². The van der Waals surface area contributed by atoms with Gasteiger partial charge >= 0.3 is 0 Å². The van der Waals surface area contributed by atoms with Crippen LogP contribution in [0.25, 0.3) is 22.4 Å². The second-order valence-electron chi connectivity index (χ2n) is 8.25. The van der Waals surface area contributed by atoms with Gasteiger partial charge in [0.05, 0.1) is 11.9 Å². The molecule has 11 heteroatoms. The number of anilines is 1. The molecule has 0 aliphatic heterocycles. The molecule has 0 unspecified atom stereocenters. The highest BCUT2D eigenvalue weighted by Crippen LogP contribution is 2.27. The van der Waals surface area contributed by atoms with Gasteiger partial charge in [0.2, 0.25) is 0 Å². The lowest BCUT2D eigenvalue weighted by atomic mass is 9.90. The molecule has 0 saturated heterocycles. The van der Waals surface area contributed by atoms with Crippen LogP contribution in [0, 0.1) is 19.7 Å². The largest absolute Gasteiger partial charge is 0.365 e. The van der Waals surface area contributed by atoms with Crippen LogP contribution < -0.4 is 10.6 Å². The molecule has 170 valence electrons. The van der Waals surface area contributed by atoms with Crippen molar-refractivity contribution in [2.75, 3.05) is 5.32 Å². The number of nitrogens with zero attached hydrogens (tertiary/aromatic N) is 5. The predicted molar refractivity (Wildman–Crippen MR) is 118 cm³/mol. The Bertz CT molecular complexity index is 1300. The molecule has 2 atom stereocenters. The predicted octanol–water partition coefficient (Wildman–Crippen LogP) is 3.31. The van der Waals surface area contributed by atoms with E-state index in [1.54, 1.807) is 26.2 Å². The SMILES string of the molecule is Cc1noc(C)c1C(=O)N[C@H]1CCC[C@@H](Nc2nc(-c3c[nH]c4ncncc34)ncc2F)C1. The minimum Gasteiger partial charge on any atom is -0.365 e. The van der Waals surface area contributed by atoms with Crippen LogP contribution in [0.15, 0.2) is 29.4 Å². The zero-order valence-corrected chi connectivity index (χ0v) is 18.2. The van der Waals surface area contributed by atoms with Gasteiger partial charge in [-0.3, -0.25) is 4.79 Å². The number of aromatic nitrogens is 6. The minimum atomic E-state index is -0.531. The normalized spacial score (nSPS) is 18.4. The second kappa shape index (κ2) is 8.57. The van der Waals surface area contributed by atoms with Crippen LogP contribution >= 0.6 is 0 Å². The van der Waals surface area contributed by atoms with E-state index in [2.05, 4.69) is 40.7 Å². The number of amides is 1. The summed E-state index contributed by atoms with van der Waals surface area (Å²) in [6.07, 6.45) is 9.24. The first kappa shape index (κ1) is 21.0. The lowest BCUT2D eigenvalue weighted by Crippen LogP contribution is -2.42. The summed E-state index contributed by atoms with van der Waals surface area (Å²) in [4.78, 5) is 32.5. The molecule has 0 bridgehead atoms. The van der Waals surface area contributed by atoms with Gasteiger partial charge < -0.3 is 20.1 Å². The molecular formula is C22H23FN8O2. The fraction of sp³-hybridized carbons (Fsp3) is 0.364. The van der Waals surface area contributed by atoms with E-state index >= 15 is 0 Å². The van der Waals surface area contributed by atoms with Gasteiger partial charge in [-0.2, -0.15) is 0 Å². The lowest BCUT2D eigenvalue weighted by molar-refractivity contribution is 0.0924. The Morgan fingerprint density at radius 2 is 2.06 bits per heavy atom. The van der Waals surface area contributed by atoms with Gasteiger partial charge in [0.15, 0.2) is 17.5 Å². The zero-order chi connectivity index (χ0) is 22.9. The topological polar surface area (TPSA) is 135 Å². The summed E-state index contributed by atoms with van der Waals surface area (Å²) in [5.74, 6) is 0.271. The molecule has 0 aromatic carbocycles. The van der Waals surface area contributed by atoms with E-state index < -0.39 is 5.82 Å². The Morgan fingerprint density at radius 1 is 1.21 bits per heavy atom. The van der Waals surface area contributed by atoms with E-state index in [-0.39, 0.29) is 23.8 Å². The van der Waals surface area contributed by atoms with Gasteiger partial charge in [-0.05, 0) is 39.5 Å². The van der Waals surface area contributed by atoms with Crippen LogP contribution in [0.3, 0.4) is 0 Å². The Morgan fingerprint density at radius 3 is 2.88 bits per heavy atom. The zero-order valence-electron chi connectivity index (χ0n) is 18.2. The number of carbonyl (C=O) groups is 1. The molecule has 4 heterocycles. The molecule has 0 radical (unpaired) electrons. The van der Waals surface area contributed by atoms with Crippen molar-refractivity contribution in [1.29, 1.82) is 0 Å². The average Bonchev–Trinajstić information content (AvgIpc) is 3.38. The number of nitrogens with one attached hydrogen (secondary N) is 3. The molecular weight excluding hydrogens is 427 g/mol. The highest BCUT2D eigenvalue weighted by Gasteiger charge is 2.27. The maximum Gasteiger partial charge on any atom is 0.257 e. The van der Waals surface area contributed by atoms with E-state index in [0.29, 0.717) is 40.5 Å². The molecule has 4 aromatic heterocycles. The minimum absolute atomic E-state index is 0.0442. The second-order valence-corrected chi connectivity index (χ2v) is 8.25. The Balaban J connectivity index is 1.31. The third-order valence-electron chi connectivity index (χ3n) is 5.95. The quantitative estimate of drug-likeness (QED) is 0.422. The first-order chi connectivity index (χ1) is 16.0. The van der Waals surface area contributed by atoms with E-state index in [1.807, 2.05) is 0 Å². The van der Waals surface area contributed by atoms with Gasteiger partial charge in [-0.25, -0.2) is 24.3 Å². The number of hydrogen-bond acceptors (Lipinski definition) is 8.